The van der Waals surface area contributed by atoms with Gasteiger partial charge < -0.3 is 15.2 Å². The van der Waals surface area contributed by atoms with E-state index >= 15 is 0 Å². The van der Waals surface area contributed by atoms with Crippen molar-refractivity contribution in [2.24, 2.45) is 5.73 Å². The Labute approximate surface area is 101 Å². The highest BCUT2D eigenvalue weighted by molar-refractivity contribution is 5.45. The third-order valence-electron chi connectivity index (χ3n) is 3.00. The minimum atomic E-state index is -0.241. The number of ether oxygens (including phenoxy) is 2. The molecule has 0 radical (unpaired) electrons. The van der Waals surface area contributed by atoms with Gasteiger partial charge in [-0.25, -0.2) is 4.39 Å². The van der Waals surface area contributed by atoms with Gasteiger partial charge in [0.25, 0.3) is 0 Å². The maximum Gasteiger partial charge on any atom is 0.164 e. The third kappa shape index (κ3) is 2.69. The Morgan fingerprint density at radius 1 is 1.29 bits per heavy atom. The van der Waals surface area contributed by atoms with Crippen molar-refractivity contribution in [1.29, 1.82) is 0 Å². The molecule has 1 aliphatic rings. The molecule has 0 amide bonds. The standard InChI is InChI=1S/C13H18FNO2/c1-9(3-4-15)10-7-12-13(8-11(10)14)17-6-2-5-16-12/h7-9H,2-6,15H2,1H3. The zero-order chi connectivity index (χ0) is 12.3. The molecule has 1 heterocycles. The van der Waals surface area contributed by atoms with E-state index in [9.17, 15) is 4.39 Å². The summed E-state index contributed by atoms with van der Waals surface area (Å²) in [5.74, 6) is 0.999. The van der Waals surface area contributed by atoms with Gasteiger partial charge in [0, 0.05) is 12.5 Å². The van der Waals surface area contributed by atoms with Crippen LogP contribution < -0.4 is 15.2 Å². The molecule has 0 bridgehead atoms. The summed E-state index contributed by atoms with van der Waals surface area (Å²) in [4.78, 5) is 0. The summed E-state index contributed by atoms with van der Waals surface area (Å²) in [6.45, 7) is 3.71. The van der Waals surface area contributed by atoms with Gasteiger partial charge in [-0.3, -0.25) is 0 Å². The highest BCUT2D eigenvalue weighted by Gasteiger charge is 2.18. The maximum atomic E-state index is 13.9. The first-order valence-electron chi connectivity index (χ1n) is 6.01. The molecule has 17 heavy (non-hydrogen) atoms. The number of hydrogen-bond acceptors (Lipinski definition) is 3. The Bertz CT molecular complexity index is 395. The van der Waals surface area contributed by atoms with Crippen LogP contribution in [0, 0.1) is 5.82 Å². The molecule has 1 aromatic rings. The molecule has 0 spiro atoms. The van der Waals surface area contributed by atoms with E-state index in [4.69, 9.17) is 15.2 Å². The smallest absolute Gasteiger partial charge is 0.164 e. The van der Waals surface area contributed by atoms with Gasteiger partial charge >= 0.3 is 0 Å². The van der Waals surface area contributed by atoms with Crippen LogP contribution in [0.25, 0.3) is 0 Å². The number of benzene rings is 1. The minimum Gasteiger partial charge on any atom is -0.490 e. The van der Waals surface area contributed by atoms with Crippen LogP contribution in [0.15, 0.2) is 12.1 Å². The normalized spacial score (nSPS) is 16.4. The predicted octanol–water partition coefficient (Wildman–Crippen LogP) is 2.44. The van der Waals surface area contributed by atoms with E-state index in [0.717, 1.165) is 12.8 Å². The van der Waals surface area contributed by atoms with Crippen molar-refractivity contribution in [2.45, 2.75) is 25.7 Å². The monoisotopic (exact) mass is 239 g/mol. The lowest BCUT2D eigenvalue weighted by atomic mass is 9.97. The summed E-state index contributed by atoms with van der Waals surface area (Å²) < 4.78 is 24.9. The van der Waals surface area contributed by atoms with Gasteiger partial charge in [0.2, 0.25) is 0 Å². The lowest BCUT2D eigenvalue weighted by Gasteiger charge is -2.15. The fourth-order valence-electron chi connectivity index (χ4n) is 1.98. The Kier molecular flexibility index (Phi) is 3.84. The summed E-state index contributed by atoms with van der Waals surface area (Å²) in [5.41, 5.74) is 6.15. The van der Waals surface area contributed by atoms with Crippen molar-refractivity contribution < 1.29 is 13.9 Å². The van der Waals surface area contributed by atoms with E-state index in [1.807, 2.05) is 6.92 Å². The van der Waals surface area contributed by atoms with Crippen LogP contribution in [0.2, 0.25) is 0 Å². The molecule has 1 aliphatic heterocycles. The number of hydrogen-bond donors (Lipinski definition) is 1. The van der Waals surface area contributed by atoms with Gasteiger partial charge in [-0.1, -0.05) is 6.92 Å². The predicted molar refractivity (Wildman–Crippen MR) is 64.1 cm³/mol. The molecule has 0 aromatic heterocycles. The molecule has 0 fully saturated rings. The number of halogens is 1. The Morgan fingerprint density at radius 2 is 1.94 bits per heavy atom. The second kappa shape index (κ2) is 5.36. The highest BCUT2D eigenvalue weighted by Crippen LogP contribution is 2.35. The van der Waals surface area contributed by atoms with Crippen LogP contribution in [0.5, 0.6) is 11.5 Å². The van der Waals surface area contributed by atoms with Crippen LogP contribution in [0.3, 0.4) is 0 Å². The Balaban J connectivity index is 2.31. The molecule has 0 saturated heterocycles. The SMILES string of the molecule is CC(CCN)c1cc2c(cc1F)OCCCO2. The number of fused-ring (bicyclic) bond motifs is 1. The van der Waals surface area contributed by atoms with Gasteiger partial charge in [0.1, 0.15) is 5.82 Å². The maximum absolute atomic E-state index is 13.9. The van der Waals surface area contributed by atoms with Crippen LogP contribution in [0.1, 0.15) is 31.2 Å². The van der Waals surface area contributed by atoms with E-state index in [2.05, 4.69) is 0 Å². The van der Waals surface area contributed by atoms with Gasteiger partial charge in [-0.05, 0) is 30.5 Å². The molecule has 0 aliphatic carbocycles. The van der Waals surface area contributed by atoms with Crippen molar-refractivity contribution in [3.05, 3.63) is 23.5 Å². The fraction of sp³-hybridized carbons (Fsp3) is 0.538. The van der Waals surface area contributed by atoms with Gasteiger partial charge in [-0.15, -0.1) is 0 Å². The first kappa shape index (κ1) is 12.2. The molecule has 1 unspecified atom stereocenters. The molecule has 2 N–H and O–H groups in total. The summed E-state index contributed by atoms with van der Waals surface area (Å²) in [6, 6.07) is 3.17. The highest BCUT2D eigenvalue weighted by atomic mass is 19.1. The van der Waals surface area contributed by atoms with Crippen molar-refractivity contribution in [2.75, 3.05) is 19.8 Å². The Hall–Kier alpha value is -1.29. The molecule has 1 atom stereocenters. The van der Waals surface area contributed by atoms with Gasteiger partial charge in [0.05, 0.1) is 13.2 Å². The summed E-state index contributed by atoms with van der Waals surface area (Å²) >= 11 is 0. The van der Waals surface area contributed by atoms with Crippen LogP contribution >= 0.6 is 0 Å². The van der Waals surface area contributed by atoms with E-state index < -0.39 is 0 Å². The van der Waals surface area contributed by atoms with Gasteiger partial charge in [0.15, 0.2) is 11.5 Å². The van der Waals surface area contributed by atoms with Gasteiger partial charge in [-0.2, -0.15) is 0 Å². The average molecular weight is 239 g/mol. The quantitative estimate of drug-likeness (QED) is 0.881. The van der Waals surface area contributed by atoms with Crippen LogP contribution in [0.4, 0.5) is 4.39 Å². The van der Waals surface area contributed by atoms with Crippen LogP contribution in [-0.2, 0) is 0 Å². The van der Waals surface area contributed by atoms with E-state index in [1.165, 1.54) is 6.07 Å². The lowest BCUT2D eigenvalue weighted by Crippen LogP contribution is -2.06. The molecule has 4 heteroatoms. The second-order valence-electron chi connectivity index (χ2n) is 4.35. The average Bonchev–Trinajstić information content (AvgIpc) is 2.52. The molecular weight excluding hydrogens is 221 g/mol. The Morgan fingerprint density at radius 3 is 2.59 bits per heavy atom. The molecule has 3 nitrogen and oxygen atoms in total. The van der Waals surface area contributed by atoms with Crippen LogP contribution in [-0.4, -0.2) is 19.8 Å². The summed E-state index contributed by atoms with van der Waals surface area (Å²) in [7, 11) is 0. The molecule has 94 valence electrons. The van der Waals surface area contributed by atoms with E-state index in [0.29, 0.717) is 36.8 Å². The van der Waals surface area contributed by atoms with E-state index in [-0.39, 0.29) is 11.7 Å². The first-order valence-corrected chi connectivity index (χ1v) is 6.01. The zero-order valence-corrected chi connectivity index (χ0v) is 10.0. The molecule has 2 rings (SSSR count). The van der Waals surface area contributed by atoms with Crippen molar-refractivity contribution in [3.63, 3.8) is 0 Å². The van der Waals surface area contributed by atoms with Crippen molar-refractivity contribution in [1.82, 2.24) is 0 Å². The molecule has 0 saturated carbocycles. The summed E-state index contributed by atoms with van der Waals surface area (Å²) in [5, 5.41) is 0. The number of rotatable bonds is 3. The topological polar surface area (TPSA) is 44.5 Å². The zero-order valence-electron chi connectivity index (χ0n) is 10.0. The largest absolute Gasteiger partial charge is 0.490 e. The summed E-state index contributed by atoms with van der Waals surface area (Å²) in [6.07, 6.45) is 1.58. The molecular formula is C13H18FNO2. The van der Waals surface area contributed by atoms with Crippen molar-refractivity contribution in [3.8, 4) is 11.5 Å². The molecule has 1 aromatic carbocycles. The van der Waals surface area contributed by atoms with Crippen molar-refractivity contribution >= 4 is 0 Å². The minimum absolute atomic E-state index is 0.0946. The lowest BCUT2D eigenvalue weighted by molar-refractivity contribution is 0.296. The first-order chi connectivity index (χ1) is 8.22. The number of nitrogens with two attached hydrogens (primary N) is 1. The fourth-order valence-corrected chi connectivity index (χ4v) is 1.98. The third-order valence-corrected chi connectivity index (χ3v) is 3.00. The van der Waals surface area contributed by atoms with E-state index in [1.54, 1.807) is 6.07 Å². The second-order valence-corrected chi connectivity index (χ2v) is 4.35.